The molecule has 9 heteroatoms. The minimum Gasteiger partial charge on any atom is 0 e. The van der Waals surface area contributed by atoms with Gasteiger partial charge in [0.25, 0.3) is 0 Å². The van der Waals surface area contributed by atoms with Crippen molar-refractivity contribution in [1.29, 1.82) is 0 Å². The van der Waals surface area contributed by atoms with Crippen molar-refractivity contribution in [2.45, 2.75) is 0 Å². The Morgan fingerprint density at radius 2 is 0.889 bits per heavy atom. The second kappa shape index (κ2) is 14.0. The Balaban J connectivity index is -0.0000000133. The van der Waals surface area contributed by atoms with Crippen LogP contribution in [0.4, 0.5) is 0 Å². The molecule has 0 amide bonds. The van der Waals surface area contributed by atoms with Gasteiger partial charge in [0.05, 0.1) is 0 Å². The molecular weight excluding hydrogens is 433 g/mol. The van der Waals surface area contributed by atoms with Gasteiger partial charge in [0.15, 0.2) is 17.4 Å². The van der Waals surface area contributed by atoms with Gasteiger partial charge in [-0.05, 0) is 0 Å². The second-order valence-corrected chi connectivity index (χ2v) is 1.80. The summed E-state index contributed by atoms with van der Waals surface area (Å²) in [6.07, 6.45) is 0. The van der Waals surface area contributed by atoms with Gasteiger partial charge >= 0.3 is 66.6 Å². The van der Waals surface area contributed by atoms with Crippen LogP contribution in [-0.4, -0.2) is 130 Å². The first-order valence-electron chi connectivity index (χ1n) is 0.894. The van der Waals surface area contributed by atoms with Crippen molar-refractivity contribution in [3.63, 3.8) is 0 Å². The number of hydrogen-bond acceptors (Lipinski definition) is 4. The van der Waals surface area contributed by atoms with Gasteiger partial charge < -0.3 is 19.2 Å². The first-order valence-corrected chi connectivity index (χ1v) is 2.68. The molecule has 51 valence electrons. The van der Waals surface area contributed by atoms with Crippen LogP contribution in [0.15, 0.2) is 0 Å². The van der Waals surface area contributed by atoms with E-state index in [2.05, 4.69) is 0 Å². The Bertz CT molecular complexity index is 36.0. The molecule has 0 saturated carbocycles. The van der Waals surface area contributed by atoms with E-state index in [9.17, 15) is 0 Å². The molecule has 0 fully saturated rings. The molecule has 0 aromatic heterocycles. The van der Waals surface area contributed by atoms with E-state index in [1.807, 2.05) is 0 Å². The van der Waals surface area contributed by atoms with Gasteiger partial charge in [-0.1, -0.05) is 0 Å². The molecule has 1 radical (unpaired) electrons. The fraction of sp³-hybridized carbons (Fsp3) is 0. The molecule has 0 aliphatic heterocycles. The second-order valence-electron chi connectivity index (χ2n) is 0.600. The van der Waals surface area contributed by atoms with Crippen molar-refractivity contribution < 1.29 is 19.2 Å². The molecule has 9 heavy (non-hydrogen) atoms. The molecule has 0 aromatic carbocycles. The van der Waals surface area contributed by atoms with Gasteiger partial charge in [-0.25, -0.2) is 0 Å². The third-order valence-electron chi connectivity index (χ3n) is 0. The van der Waals surface area contributed by atoms with Crippen LogP contribution in [0.25, 0.3) is 0 Å². The van der Waals surface area contributed by atoms with Gasteiger partial charge in [-0.2, -0.15) is 0 Å². The minimum absolute atomic E-state index is 0. The standard InChI is InChI=1S/Al.Ca.Ga.H4O4Si.Tl.8H/c;;;1-5(2,3)4;;;;;;;;;/h;;;1-4H;;;;;;;;;. The number of rotatable bonds is 0. The van der Waals surface area contributed by atoms with Crippen molar-refractivity contribution in [2.75, 3.05) is 0 Å². The van der Waals surface area contributed by atoms with E-state index in [1.54, 1.807) is 0 Å². The van der Waals surface area contributed by atoms with Crippen LogP contribution in [0, 0.1) is 0 Å². The molecule has 0 spiro atoms. The average Bonchev–Trinajstić information content (AvgIpc) is 0.722. The van der Waals surface area contributed by atoms with Crippen LogP contribution >= 0.6 is 0 Å². The third-order valence-corrected chi connectivity index (χ3v) is 0. The van der Waals surface area contributed by atoms with Crippen LogP contribution in [0.5, 0.6) is 0 Å². The zero-order valence-electron chi connectivity index (χ0n) is 2.87. The summed E-state index contributed by atoms with van der Waals surface area (Å²) >= 11 is 0. The molecule has 0 bridgehead atoms. The topological polar surface area (TPSA) is 80.9 Å². The third kappa shape index (κ3) is 86.9. The maximum Gasteiger partial charge on any atom is 0 e. The molecule has 0 heterocycles. The zero-order valence-corrected chi connectivity index (χ0v) is 8.36. The molecule has 0 aliphatic carbocycles. The molecule has 0 saturated heterocycles. The first-order chi connectivity index (χ1) is 2.00. The van der Waals surface area contributed by atoms with E-state index < -0.39 is 9.05 Å². The van der Waals surface area contributed by atoms with Crippen molar-refractivity contribution in [1.82, 2.24) is 0 Å². The first kappa shape index (κ1) is 29.4. The Labute approximate surface area is 128 Å². The molecule has 4 nitrogen and oxygen atoms in total. The van der Waals surface area contributed by atoms with E-state index in [0.717, 1.165) is 0 Å². The van der Waals surface area contributed by atoms with E-state index >= 15 is 0 Å². The molecule has 0 unspecified atom stereocenters. The summed E-state index contributed by atoms with van der Waals surface area (Å²) in [6.45, 7) is 0. The monoisotopic (exact) mass is 445 g/mol. The summed E-state index contributed by atoms with van der Waals surface area (Å²) in [7, 11) is -4.61. The van der Waals surface area contributed by atoms with Crippen molar-refractivity contribution in [3.8, 4) is 0 Å². The molecule has 4 N–H and O–H groups in total. The SMILES string of the molecule is O[Si](O)(O)O.[AlH3].[CaH2].[GaH3].[Tl]. The van der Waals surface area contributed by atoms with Crippen LogP contribution in [0.3, 0.4) is 0 Å². The van der Waals surface area contributed by atoms with Gasteiger partial charge in [0, 0.05) is 27.3 Å². The minimum atomic E-state index is -4.61. The van der Waals surface area contributed by atoms with Crippen molar-refractivity contribution in [3.05, 3.63) is 0 Å². The average molecular weight is 445 g/mol. The van der Waals surface area contributed by atoms with Gasteiger partial charge in [-0.3, -0.25) is 0 Å². The summed E-state index contributed by atoms with van der Waals surface area (Å²) in [5.41, 5.74) is 0. The van der Waals surface area contributed by atoms with Gasteiger partial charge in [0.1, 0.15) is 0 Å². The normalized spacial score (nSPS) is 6.67. The predicted molar refractivity (Wildman–Crippen MR) is 48.8 cm³/mol. The molecule has 0 rings (SSSR count). The molecule has 0 atom stereocenters. The van der Waals surface area contributed by atoms with Crippen LogP contribution in [0.1, 0.15) is 0 Å². The molecular formula is H12AlCaGaO4SiTl. The molecule has 0 aliphatic rings. The number of hydrogen-bond donors (Lipinski definition) is 4. The fourth-order valence-electron chi connectivity index (χ4n) is 0. The van der Waals surface area contributed by atoms with Gasteiger partial charge in [0.2, 0.25) is 0 Å². The largest absolute Gasteiger partial charge is 0 e. The Morgan fingerprint density at radius 3 is 0.889 bits per heavy atom. The maximum atomic E-state index is 7.33. The fourth-order valence-corrected chi connectivity index (χ4v) is 0. The van der Waals surface area contributed by atoms with E-state index in [4.69, 9.17) is 19.2 Å². The quantitative estimate of drug-likeness (QED) is 0.280. The van der Waals surface area contributed by atoms with E-state index in [-0.39, 0.29) is 102 Å². The van der Waals surface area contributed by atoms with Crippen molar-refractivity contribution in [2.24, 2.45) is 0 Å². The Hall–Kier alpha value is 3.41. The maximum absolute atomic E-state index is 7.33. The van der Waals surface area contributed by atoms with E-state index in [1.165, 1.54) is 0 Å². The Morgan fingerprint density at radius 1 is 0.889 bits per heavy atom. The van der Waals surface area contributed by atoms with Crippen LogP contribution in [0.2, 0.25) is 0 Å². The predicted octanol–water partition coefficient (Wildman–Crippen LogP) is -6.27. The van der Waals surface area contributed by atoms with Crippen LogP contribution in [-0.2, 0) is 0 Å². The summed E-state index contributed by atoms with van der Waals surface area (Å²) in [6, 6.07) is 0. The zero-order chi connectivity index (χ0) is 4.50. The summed E-state index contributed by atoms with van der Waals surface area (Å²) < 4.78 is 0. The van der Waals surface area contributed by atoms with E-state index in [0.29, 0.717) is 0 Å². The summed E-state index contributed by atoms with van der Waals surface area (Å²) in [5, 5.41) is 0. The summed E-state index contributed by atoms with van der Waals surface area (Å²) in [4.78, 5) is 29.3. The summed E-state index contributed by atoms with van der Waals surface area (Å²) in [5.74, 6) is 0. The smallest absolute Gasteiger partial charge is 0 e. The van der Waals surface area contributed by atoms with Crippen LogP contribution < -0.4 is 0 Å². The molecule has 0 aromatic rings. The van der Waals surface area contributed by atoms with Gasteiger partial charge in [-0.15, -0.1) is 0 Å². The Kier molecular flexibility index (Phi) is 45.6. The van der Waals surface area contributed by atoms with Crippen molar-refractivity contribution >= 4 is 111 Å².